The number of H-pyrrole nitrogens is 1. The number of hydrogen-bond acceptors (Lipinski definition) is 2. The van der Waals surface area contributed by atoms with Gasteiger partial charge in [0.1, 0.15) is 0 Å². The first-order chi connectivity index (χ1) is 12.8. The van der Waals surface area contributed by atoms with Crippen molar-refractivity contribution in [3.8, 4) is 0 Å². The summed E-state index contributed by atoms with van der Waals surface area (Å²) in [4.78, 5) is 15.4. The van der Waals surface area contributed by atoms with Gasteiger partial charge >= 0.3 is 0 Å². The molecule has 0 bridgehead atoms. The highest BCUT2D eigenvalue weighted by molar-refractivity contribution is 7.80. The van der Waals surface area contributed by atoms with E-state index in [9.17, 15) is 4.79 Å². The summed E-state index contributed by atoms with van der Waals surface area (Å²) in [5.74, 6) is 0. The molecule has 0 fully saturated rings. The molecule has 3 aromatic rings. The number of benzene rings is 2. The molecule has 0 radical (unpaired) electrons. The number of fused-ring (bicyclic) bond motifs is 1. The standard InChI is InChI=1S/C22H25N3OS/c1-13-5-8-19(15(3)11-13)24-22(27)23-10-9-18-12-17-7-6-14(2)16(4)20(17)25-21(18)26/h5-8,11-12H,9-10H2,1-4H3,(H,25,26)(H2,23,24,27). The second kappa shape index (κ2) is 7.92. The molecule has 3 N–H and O–H groups in total. The van der Waals surface area contributed by atoms with Gasteiger partial charge in [-0.1, -0.05) is 29.8 Å². The highest BCUT2D eigenvalue weighted by atomic mass is 32.1. The van der Waals surface area contributed by atoms with E-state index >= 15 is 0 Å². The van der Waals surface area contributed by atoms with E-state index in [0.29, 0.717) is 18.1 Å². The number of hydrogen-bond donors (Lipinski definition) is 3. The van der Waals surface area contributed by atoms with Crippen LogP contribution in [-0.4, -0.2) is 16.6 Å². The molecule has 0 aliphatic heterocycles. The summed E-state index contributed by atoms with van der Waals surface area (Å²) in [5.41, 5.74) is 7.30. The molecule has 5 heteroatoms. The number of aromatic nitrogens is 1. The van der Waals surface area contributed by atoms with Crippen LogP contribution in [0.1, 0.15) is 27.8 Å². The number of pyridine rings is 1. The zero-order valence-corrected chi connectivity index (χ0v) is 17.0. The molecule has 27 heavy (non-hydrogen) atoms. The van der Waals surface area contributed by atoms with Crippen molar-refractivity contribution in [2.24, 2.45) is 0 Å². The Morgan fingerprint density at radius 3 is 2.56 bits per heavy atom. The van der Waals surface area contributed by atoms with Crippen LogP contribution in [0.3, 0.4) is 0 Å². The second-order valence-corrected chi connectivity index (χ2v) is 7.45. The topological polar surface area (TPSA) is 56.9 Å². The number of thiocarbonyl (C=S) groups is 1. The van der Waals surface area contributed by atoms with Crippen molar-refractivity contribution in [3.63, 3.8) is 0 Å². The van der Waals surface area contributed by atoms with Gasteiger partial charge in [0.15, 0.2) is 5.11 Å². The monoisotopic (exact) mass is 379 g/mol. The Morgan fingerprint density at radius 1 is 1.04 bits per heavy atom. The van der Waals surface area contributed by atoms with E-state index in [1.54, 1.807) is 0 Å². The van der Waals surface area contributed by atoms with Crippen LogP contribution in [0, 0.1) is 27.7 Å². The lowest BCUT2D eigenvalue weighted by Crippen LogP contribution is -2.31. The number of anilines is 1. The summed E-state index contributed by atoms with van der Waals surface area (Å²) in [7, 11) is 0. The molecule has 0 saturated heterocycles. The lowest BCUT2D eigenvalue weighted by atomic mass is 10.0. The molecular formula is C22H25N3OS. The van der Waals surface area contributed by atoms with Gasteiger partial charge in [0, 0.05) is 17.8 Å². The smallest absolute Gasteiger partial charge is 0.251 e. The molecule has 0 aliphatic rings. The summed E-state index contributed by atoms with van der Waals surface area (Å²) in [6.45, 7) is 8.80. The lowest BCUT2D eigenvalue weighted by Gasteiger charge is -2.13. The second-order valence-electron chi connectivity index (χ2n) is 7.04. The maximum Gasteiger partial charge on any atom is 0.251 e. The quantitative estimate of drug-likeness (QED) is 0.592. The molecule has 0 unspecified atom stereocenters. The Morgan fingerprint density at radius 2 is 1.81 bits per heavy atom. The predicted molar refractivity (Wildman–Crippen MR) is 118 cm³/mol. The summed E-state index contributed by atoms with van der Waals surface area (Å²) in [6.07, 6.45) is 0.604. The summed E-state index contributed by atoms with van der Waals surface area (Å²) in [6, 6.07) is 12.3. The van der Waals surface area contributed by atoms with Crippen LogP contribution in [0.25, 0.3) is 10.9 Å². The Kier molecular flexibility index (Phi) is 5.61. The Balaban J connectivity index is 1.65. The summed E-state index contributed by atoms with van der Waals surface area (Å²) >= 11 is 5.38. The third-order valence-corrected chi connectivity index (χ3v) is 5.18. The average Bonchev–Trinajstić information content (AvgIpc) is 2.62. The van der Waals surface area contributed by atoms with Crippen molar-refractivity contribution in [1.82, 2.24) is 10.3 Å². The molecule has 3 rings (SSSR count). The molecule has 140 valence electrons. The van der Waals surface area contributed by atoms with E-state index in [1.807, 2.05) is 19.1 Å². The van der Waals surface area contributed by atoms with E-state index in [-0.39, 0.29) is 5.56 Å². The van der Waals surface area contributed by atoms with Gasteiger partial charge in [-0.3, -0.25) is 4.79 Å². The average molecular weight is 380 g/mol. The van der Waals surface area contributed by atoms with Crippen LogP contribution in [-0.2, 0) is 6.42 Å². The van der Waals surface area contributed by atoms with Gasteiger partial charge in [-0.25, -0.2) is 0 Å². The molecule has 4 nitrogen and oxygen atoms in total. The van der Waals surface area contributed by atoms with Crippen LogP contribution in [0.4, 0.5) is 5.69 Å². The van der Waals surface area contributed by atoms with E-state index in [2.05, 4.69) is 60.7 Å². The van der Waals surface area contributed by atoms with Crippen molar-refractivity contribution in [1.29, 1.82) is 0 Å². The first-order valence-corrected chi connectivity index (χ1v) is 9.50. The van der Waals surface area contributed by atoms with Crippen LogP contribution in [0.15, 0.2) is 41.2 Å². The Labute approximate surface area is 165 Å². The highest BCUT2D eigenvalue weighted by Gasteiger charge is 2.07. The zero-order valence-electron chi connectivity index (χ0n) is 16.2. The Hall–Kier alpha value is -2.66. The van der Waals surface area contributed by atoms with Gasteiger partial charge in [-0.2, -0.15) is 0 Å². The van der Waals surface area contributed by atoms with Crippen molar-refractivity contribution < 1.29 is 0 Å². The number of aryl methyl sites for hydroxylation is 4. The number of nitrogens with one attached hydrogen (secondary N) is 3. The molecule has 1 aromatic heterocycles. The fourth-order valence-electron chi connectivity index (χ4n) is 3.19. The third-order valence-electron chi connectivity index (χ3n) is 4.94. The predicted octanol–water partition coefficient (Wildman–Crippen LogP) is 4.29. The van der Waals surface area contributed by atoms with Gasteiger partial charge in [0.2, 0.25) is 0 Å². The third kappa shape index (κ3) is 4.37. The van der Waals surface area contributed by atoms with Gasteiger partial charge in [0.05, 0.1) is 5.52 Å². The molecule has 0 amide bonds. The van der Waals surface area contributed by atoms with Gasteiger partial charge in [-0.15, -0.1) is 0 Å². The molecule has 2 aromatic carbocycles. The van der Waals surface area contributed by atoms with Crippen molar-refractivity contribution in [3.05, 3.63) is 74.6 Å². The van der Waals surface area contributed by atoms with Gasteiger partial charge in [0.25, 0.3) is 5.56 Å². The molecule has 1 heterocycles. The minimum Gasteiger partial charge on any atom is -0.362 e. The number of aromatic amines is 1. The Bertz CT molecular complexity index is 1070. The molecule has 0 saturated carbocycles. The summed E-state index contributed by atoms with van der Waals surface area (Å²) < 4.78 is 0. The van der Waals surface area contributed by atoms with E-state index in [0.717, 1.165) is 33.3 Å². The van der Waals surface area contributed by atoms with Gasteiger partial charge in [-0.05, 0) is 80.5 Å². The minimum absolute atomic E-state index is 0.0359. The first-order valence-electron chi connectivity index (χ1n) is 9.09. The van der Waals surface area contributed by atoms with E-state index in [4.69, 9.17) is 12.2 Å². The van der Waals surface area contributed by atoms with Crippen LogP contribution in [0.5, 0.6) is 0 Å². The van der Waals surface area contributed by atoms with Crippen molar-refractivity contribution in [2.75, 3.05) is 11.9 Å². The van der Waals surface area contributed by atoms with Crippen molar-refractivity contribution >= 4 is 33.9 Å². The molecular weight excluding hydrogens is 354 g/mol. The van der Waals surface area contributed by atoms with Crippen LogP contribution < -0.4 is 16.2 Å². The molecule has 0 atom stereocenters. The minimum atomic E-state index is -0.0359. The molecule has 0 spiro atoms. The maximum atomic E-state index is 12.4. The normalized spacial score (nSPS) is 10.8. The molecule has 0 aliphatic carbocycles. The van der Waals surface area contributed by atoms with E-state index in [1.165, 1.54) is 11.1 Å². The van der Waals surface area contributed by atoms with Crippen LogP contribution >= 0.6 is 12.2 Å². The fourth-order valence-corrected chi connectivity index (χ4v) is 3.40. The lowest BCUT2D eigenvalue weighted by molar-refractivity contribution is 0.863. The SMILES string of the molecule is Cc1ccc(NC(=S)NCCc2cc3ccc(C)c(C)c3[nH]c2=O)c(C)c1. The van der Waals surface area contributed by atoms with E-state index < -0.39 is 0 Å². The maximum absolute atomic E-state index is 12.4. The first kappa shape index (κ1) is 19.1. The zero-order chi connectivity index (χ0) is 19.6. The largest absolute Gasteiger partial charge is 0.362 e. The number of rotatable bonds is 4. The summed E-state index contributed by atoms with van der Waals surface area (Å²) in [5, 5.41) is 8.02. The highest BCUT2D eigenvalue weighted by Crippen LogP contribution is 2.19. The van der Waals surface area contributed by atoms with Crippen LogP contribution in [0.2, 0.25) is 0 Å². The van der Waals surface area contributed by atoms with Crippen molar-refractivity contribution in [2.45, 2.75) is 34.1 Å². The van der Waals surface area contributed by atoms with Gasteiger partial charge < -0.3 is 15.6 Å². The fraction of sp³-hybridized carbons (Fsp3) is 0.273.